The summed E-state index contributed by atoms with van der Waals surface area (Å²) < 4.78 is 14.0. The number of likely N-dealkylation sites (tertiary alicyclic amines) is 2. The molecule has 0 radical (unpaired) electrons. The molecule has 2 aliphatic heterocycles. The highest BCUT2D eigenvalue weighted by molar-refractivity contribution is 5.93. The van der Waals surface area contributed by atoms with Crippen LogP contribution in [-0.4, -0.2) is 57.0 Å². The van der Waals surface area contributed by atoms with Gasteiger partial charge in [-0.05, 0) is 36.6 Å². The van der Waals surface area contributed by atoms with Crippen molar-refractivity contribution in [3.05, 3.63) is 53.6 Å². The number of amides is 2. The number of hydrogen-bond donors (Lipinski definition) is 1. The van der Waals surface area contributed by atoms with E-state index in [4.69, 9.17) is 0 Å². The van der Waals surface area contributed by atoms with Crippen LogP contribution in [0.25, 0.3) is 0 Å². The van der Waals surface area contributed by atoms with Crippen LogP contribution in [0.3, 0.4) is 0 Å². The molecule has 1 aromatic carbocycles. The van der Waals surface area contributed by atoms with Crippen LogP contribution in [0.4, 0.5) is 4.39 Å². The second-order valence-electron chi connectivity index (χ2n) is 7.71. The normalized spacial score (nSPS) is 25.1. The predicted molar refractivity (Wildman–Crippen MR) is 102 cm³/mol. The summed E-state index contributed by atoms with van der Waals surface area (Å²) in [6, 6.07) is 7.97. The number of carbonyl (C=O) groups is 2. The molecule has 28 heavy (non-hydrogen) atoms. The number of carbonyl (C=O) groups excluding carboxylic acids is 2. The van der Waals surface area contributed by atoms with Gasteiger partial charge in [-0.2, -0.15) is 5.10 Å². The van der Waals surface area contributed by atoms with E-state index in [1.165, 1.54) is 12.1 Å². The van der Waals surface area contributed by atoms with Crippen molar-refractivity contribution in [3.63, 3.8) is 0 Å². The molecule has 1 aromatic heterocycles. The Bertz CT molecular complexity index is 854. The summed E-state index contributed by atoms with van der Waals surface area (Å²) in [5, 5.41) is 6.65. The smallest absolute Gasteiger partial charge is 0.272 e. The van der Waals surface area contributed by atoms with Gasteiger partial charge in [-0.15, -0.1) is 0 Å². The Kier molecular flexibility index (Phi) is 5.15. The molecule has 0 unspecified atom stereocenters. The SMILES string of the molecule is CC(=O)N1CCCCC[C@@H]2[C@@H]1[C@H](c1cccc(F)c1)CN2C(=O)c1ccn[nH]1. The molecular weight excluding hydrogens is 359 g/mol. The molecule has 7 heteroatoms. The number of H-pyrrole nitrogens is 1. The third-order valence-corrected chi connectivity index (χ3v) is 6.03. The highest BCUT2D eigenvalue weighted by Gasteiger charge is 2.48. The molecular formula is C21H25FN4O2. The lowest BCUT2D eigenvalue weighted by Crippen LogP contribution is -2.51. The molecule has 0 spiro atoms. The average molecular weight is 384 g/mol. The summed E-state index contributed by atoms with van der Waals surface area (Å²) in [6.07, 6.45) is 5.39. The zero-order valence-electron chi connectivity index (χ0n) is 16.0. The molecule has 0 saturated carbocycles. The van der Waals surface area contributed by atoms with E-state index in [9.17, 15) is 14.0 Å². The molecule has 4 rings (SSSR count). The van der Waals surface area contributed by atoms with Crippen molar-refractivity contribution in [3.8, 4) is 0 Å². The molecule has 148 valence electrons. The van der Waals surface area contributed by atoms with Crippen molar-refractivity contribution in [2.24, 2.45) is 0 Å². The van der Waals surface area contributed by atoms with Crippen molar-refractivity contribution in [2.45, 2.75) is 50.6 Å². The number of aromatic amines is 1. The van der Waals surface area contributed by atoms with Crippen molar-refractivity contribution in [2.75, 3.05) is 13.1 Å². The van der Waals surface area contributed by atoms with Gasteiger partial charge < -0.3 is 9.80 Å². The number of benzene rings is 1. The van der Waals surface area contributed by atoms with Crippen LogP contribution in [0.1, 0.15) is 54.6 Å². The van der Waals surface area contributed by atoms with Crippen LogP contribution < -0.4 is 0 Å². The molecule has 2 amide bonds. The Hall–Kier alpha value is -2.70. The summed E-state index contributed by atoms with van der Waals surface area (Å²) in [6.45, 7) is 2.72. The highest BCUT2D eigenvalue weighted by atomic mass is 19.1. The van der Waals surface area contributed by atoms with E-state index >= 15 is 0 Å². The number of nitrogens with zero attached hydrogens (tertiary/aromatic N) is 3. The van der Waals surface area contributed by atoms with Crippen LogP contribution >= 0.6 is 0 Å². The van der Waals surface area contributed by atoms with Crippen LogP contribution in [0, 0.1) is 5.82 Å². The Morgan fingerprint density at radius 1 is 1.18 bits per heavy atom. The zero-order chi connectivity index (χ0) is 19.7. The van der Waals surface area contributed by atoms with Gasteiger partial charge in [-0.25, -0.2) is 4.39 Å². The zero-order valence-corrected chi connectivity index (χ0v) is 16.0. The standard InChI is InChI=1S/C21H25FN4O2/c1-14(27)25-11-4-2-3-8-19-20(25)17(15-6-5-7-16(22)12-15)13-26(19)21(28)18-9-10-23-24-18/h5-7,9-10,12,17,19-20H,2-4,8,11,13H2,1H3,(H,23,24)/t17-,19+,20-/m0/s1. The third-order valence-electron chi connectivity index (χ3n) is 6.03. The minimum absolute atomic E-state index is 0.00847. The van der Waals surface area contributed by atoms with Crippen LogP contribution in [-0.2, 0) is 4.79 Å². The van der Waals surface area contributed by atoms with E-state index in [1.807, 2.05) is 15.9 Å². The van der Waals surface area contributed by atoms with E-state index in [0.29, 0.717) is 18.8 Å². The number of fused-ring (bicyclic) bond motifs is 1. The van der Waals surface area contributed by atoms with Crippen molar-refractivity contribution in [1.82, 2.24) is 20.0 Å². The van der Waals surface area contributed by atoms with Gasteiger partial charge in [-0.3, -0.25) is 14.7 Å². The van der Waals surface area contributed by atoms with Gasteiger partial charge in [0.05, 0.1) is 12.1 Å². The van der Waals surface area contributed by atoms with Gasteiger partial charge in [0.15, 0.2) is 0 Å². The van der Waals surface area contributed by atoms with Gasteiger partial charge in [0, 0.05) is 32.1 Å². The molecule has 2 fully saturated rings. The first-order valence-corrected chi connectivity index (χ1v) is 9.89. The van der Waals surface area contributed by atoms with Gasteiger partial charge >= 0.3 is 0 Å². The number of hydrogen-bond acceptors (Lipinski definition) is 3. The van der Waals surface area contributed by atoms with Crippen LogP contribution in [0.15, 0.2) is 36.5 Å². The topological polar surface area (TPSA) is 69.3 Å². The second kappa shape index (κ2) is 7.73. The highest BCUT2D eigenvalue weighted by Crippen LogP contribution is 2.40. The largest absolute Gasteiger partial charge is 0.337 e. The Morgan fingerprint density at radius 3 is 2.75 bits per heavy atom. The predicted octanol–water partition coefficient (Wildman–Crippen LogP) is 2.95. The van der Waals surface area contributed by atoms with E-state index < -0.39 is 0 Å². The van der Waals surface area contributed by atoms with Crippen molar-refractivity contribution in [1.29, 1.82) is 0 Å². The van der Waals surface area contributed by atoms with Gasteiger partial charge in [0.25, 0.3) is 5.91 Å². The third kappa shape index (κ3) is 3.41. The Labute approximate surface area is 163 Å². The molecule has 3 atom stereocenters. The summed E-state index contributed by atoms with van der Waals surface area (Å²) in [5.74, 6) is -0.521. The first-order chi connectivity index (χ1) is 13.6. The molecule has 3 heterocycles. The Balaban J connectivity index is 1.76. The first kappa shape index (κ1) is 18.7. The summed E-state index contributed by atoms with van der Waals surface area (Å²) in [4.78, 5) is 29.4. The minimum atomic E-state index is -0.299. The fraction of sp³-hybridized carbons (Fsp3) is 0.476. The fourth-order valence-electron chi connectivity index (χ4n) is 4.79. The molecule has 2 aliphatic rings. The van der Waals surface area contributed by atoms with E-state index in [0.717, 1.165) is 31.2 Å². The number of rotatable bonds is 2. The lowest BCUT2D eigenvalue weighted by molar-refractivity contribution is -0.132. The van der Waals surface area contributed by atoms with Crippen LogP contribution in [0.5, 0.6) is 0 Å². The fourth-order valence-corrected chi connectivity index (χ4v) is 4.79. The molecule has 6 nitrogen and oxygen atoms in total. The van der Waals surface area contributed by atoms with E-state index in [-0.39, 0.29) is 35.6 Å². The minimum Gasteiger partial charge on any atom is -0.337 e. The number of halogens is 1. The van der Waals surface area contributed by atoms with E-state index in [1.54, 1.807) is 25.3 Å². The van der Waals surface area contributed by atoms with Crippen LogP contribution in [0.2, 0.25) is 0 Å². The van der Waals surface area contributed by atoms with Gasteiger partial charge in [0.1, 0.15) is 11.5 Å². The summed E-state index contributed by atoms with van der Waals surface area (Å²) in [7, 11) is 0. The molecule has 0 aliphatic carbocycles. The maximum Gasteiger partial charge on any atom is 0.272 e. The first-order valence-electron chi connectivity index (χ1n) is 9.89. The van der Waals surface area contributed by atoms with Gasteiger partial charge in [-0.1, -0.05) is 25.0 Å². The number of aromatic nitrogens is 2. The molecule has 0 bridgehead atoms. The van der Waals surface area contributed by atoms with E-state index in [2.05, 4.69) is 10.2 Å². The molecule has 2 saturated heterocycles. The maximum atomic E-state index is 14.0. The summed E-state index contributed by atoms with van der Waals surface area (Å²) in [5.41, 5.74) is 1.27. The molecule has 2 aromatic rings. The summed E-state index contributed by atoms with van der Waals surface area (Å²) >= 11 is 0. The second-order valence-corrected chi connectivity index (χ2v) is 7.71. The molecule has 1 N–H and O–H groups in total. The maximum absolute atomic E-state index is 14.0. The average Bonchev–Trinajstić information content (AvgIpc) is 3.29. The number of nitrogens with one attached hydrogen (secondary N) is 1. The van der Waals surface area contributed by atoms with Gasteiger partial charge in [0.2, 0.25) is 5.91 Å². The van der Waals surface area contributed by atoms with Crippen molar-refractivity contribution < 1.29 is 14.0 Å². The van der Waals surface area contributed by atoms with Crippen molar-refractivity contribution >= 4 is 11.8 Å². The quantitative estimate of drug-likeness (QED) is 0.866. The Morgan fingerprint density at radius 2 is 2.04 bits per heavy atom. The lowest BCUT2D eigenvalue weighted by atomic mass is 9.86. The monoisotopic (exact) mass is 384 g/mol. The lowest BCUT2D eigenvalue weighted by Gasteiger charge is -2.38.